The Morgan fingerprint density at radius 1 is 0.857 bits per heavy atom. The zero-order valence-electron chi connectivity index (χ0n) is 13.1. The minimum absolute atomic E-state index is 0.723. The summed E-state index contributed by atoms with van der Waals surface area (Å²) in [7, 11) is 0. The van der Waals surface area contributed by atoms with Crippen molar-refractivity contribution in [2.75, 3.05) is 6.54 Å². The summed E-state index contributed by atoms with van der Waals surface area (Å²) >= 11 is 0. The second-order valence-corrected chi connectivity index (χ2v) is 7.66. The molecule has 0 heterocycles. The molecule has 0 amide bonds. The molecule has 1 N–H and O–H groups in total. The smallest absolute Gasteiger partial charge is 0.0136 e. The SMILES string of the molecule is c1ccc(C2CCCCC2NCC(C2CC2)C2CC2)cc1. The van der Waals surface area contributed by atoms with Crippen LogP contribution >= 0.6 is 0 Å². The van der Waals surface area contributed by atoms with E-state index in [1.165, 1.54) is 57.9 Å². The zero-order chi connectivity index (χ0) is 14.1. The van der Waals surface area contributed by atoms with Gasteiger partial charge < -0.3 is 5.32 Å². The third-order valence-corrected chi connectivity index (χ3v) is 6.06. The summed E-state index contributed by atoms with van der Waals surface area (Å²) in [6, 6.07) is 12.0. The van der Waals surface area contributed by atoms with Gasteiger partial charge >= 0.3 is 0 Å². The van der Waals surface area contributed by atoms with Crippen molar-refractivity contribution in [1.29, 1.82) is 0 Å². The maximum Gasteiger partial charge on any atom is 0.0136 e. The molecule has 1 aromatic rings. The Labute approximate surface area is 129 Å². The molecule has 0 bridgehead atoms. The summed E-state index contributed by atoms with van der Waals surface area (Å²) in [6.45, 7) is 1.29. The first kappa shape index (κ1) is 13.8. The topological polar surface area (TPSA) is 12.0 Å². The van der Waals surface area contributed by atoms with Crippen LogP contribution in [-0.2, 0) is 0 Å². The van der Waals surface area contributed by atoms with E-state index in [9.17, 15) is 0 Å². The van der Waals surface area contributed by atoms with Crippen molar-refractivity contribution in [3.05, 3.63) is 35.9 Å². The Hall–Kier alpha value is -0.820. The predicted octanol–water partition coefficient (Wildman–Crippen LogP) is 4.74. The highest BCUT2D eigenvalue weighted by Gasteiger charge is 2.41. The summed E-state index contributed by atoms with van der Waals surface area (Å²) in [5.74, 6) is 3.90. The van der Waals surface area contributed by atoms with Gasteiger partial charge in [0.05, 0.1) is 0 Å². The Bertz CT molecular complexity index is 434. The summed E-state index contributed by atoms with van der Waals surface area (Å²) in [6.07, 6.45) is 11.6. The van der Waals surface area contributed by atoms with Crippen LogP contribution in [0.15, 0.2) is 30.3 Å². The quantitative estimate of drug-likeness (QED) is 0.795. The van der Waals surface area contributed by atoms with Gasteiger partial charge in [-0.25, -0.2) is 0 Å². The van der Waals surface area contributed by atoms with E-state index < -0.39 is 0 Å². The van der Waals surface area contributed by atoms with Gasteiger partial charge in [-0.3, -0.25) is 0 Å². The molecule has 4 rings (SSSR count). The van der Waals surface area contributed by atoms with Gasteiger partial charge in [-0.1, -0.05) is 43.2 Å². The first-order chi connectivity index (χ1) is 10.4. The minimum Gasteiger partial charge on any atom is -0.313 e. The van der Waals surface area contributed by atoms with Gasteiger partial charge in [0.1, 0.15) is 0 Å². The molecule has 0 spiro atoms. The van der Waals surface area contributed by atoms with E-state index in [2.05, 4.69) is 35.6 Å². The van der Waals surface area contributed by atoms with Crippen LogP contribution < -0.4 is 5.32 Å². The molecule has 2 unspecified atom stereocenters. The summed E-state index contributed by atoms with van der Waals surface area (Å²) < 4.78 is 0. The van der Waals surface area contributed by atoms with Crippen molar-refractivity contribution < 1.29 is 0 Å². The molecule has 3 aliphatic rings. The van der Waals surface area contributed by atoms with Crippen LogP contribution in [0.4, 0.5) is 0 Å². The molecule has 114 valence electrons. The Morgan fingerprint density at radius 3 is 2.19 bits per heavy atom. The van der Waals surface area contributed by atoms with Crippen molar-refractivity contribution >= 4 is 0 Å². The van der Waals surface area contributed by atoms with E-state index in [4.69, 9.17) is 0 Å². The second kappa shape index (κ2) is 6.12. The number of hydrogen-bond acceptors (Lipinski definition) is 1. The lowest BCUT2D eigenvalue weighted by atomic mass is 9.79. The fraction of sp³-hybridized carbons (Fsp3) is 0.700. The maximum atomic E-state index is 4.01. The van der Waals surface area contributed by atoms with Crippen LogP contribution in [0.1, 0.15) is 62.8 Å². The van der Waals surface area contributed by atoms with Crippen LogP contribution in [0.3, 0.4) is 0 Å². The molecule has 0 aliphatic heterocycles. The number of benzene rings is 1. The molecule has 0 saturated heterocycles. The van der Waals surface area contributed by atoms with Gasteiger partial charge in [0.15, 0.2) is 0 Å². The Morgan fingerprint density at radius 2 is 1.52 bits per heavy atom. The second-order valence-electron chi connectivity index (χ2n) is 7.66. The molecular formula is C20H29N. The Kier molecular flexibility index (Phi) is 4.03. The van der Waals surface area contributed by atoms with E-state index in [1.54, 1.807) is 5.56 Å². The standard InChI is InChI=1S/C20H29N/c1-2-6-15(7-3-1)18-8-4-5-9-20(18)21-14-19(16-10-11-16)17-12-13-17/h1-3,6-7,16-21H,4-5,8-14H2. The molecule has 1 aromatic carbocycles. The molecule has 3 aliphatic carbocycles. The van der Waals surface area contributed by atoms with E-state index in [1.807, 2.05) is 0 Å². The molecule has 0 radical (unpaired) electrons. The first-order valence-electron chi connectivity index (χ1n) is 9.20. The maximum absolute atomic E-state index is 4.01. The van der Waals surface area contributed by atoms with Crippen molar-refractivity contribution in [2.45, 2.75) is 63.3 Å². The van der Waals surface area contributed by atoms with Crippen LogP contribution in [0.25, 0.3) is 0 Å². The fourth-order valence-electron chi connectivity index (χ4n) is 4.53. The predicted molar refractivity (Wildman–Crippen MR) is 88.4 cm³/mol. The molecule has 0 aromatic heterocycles. The average Bonchev–Trinajstić information content (AvgIpc) is 3.42. The molecule has 2 atom stereocenters. The molecule has 3 saturated carbocycles. The van der Waals surface area contributed by atoms with Crippen molar-refractivity contribution in [3.8, 4) is 0 Å². The zero-order valence-corrected chi connectivity index (χ0v) is 13.1. The van der Waals surface area contributed by atoms with E-state index in [0.29, 0.717) is 0 Å². The van der Waals surface area contributed by atoms with E-state index in [0.717, 1.165) is 29.7 Å². The highest BCUT2D eigenvalue weighted by atomic mass is 14.9. The van der Waals surface area contributed by atoms with Gasteiger partial charge in [0.25, 0.3) is 0 Å². The van der Waals surface area contributed by atoms with Gasteiger partial charge in [-0.05, 0) is 74.3 Å². The molecular weight excluding hydrogens is 254 g/mol. The van der Waals surface area contributed by atoms with E-state index >= 15 is 0 Å². The van der Waals surface area contributed by atoms with Crippen LogP contribution in [0.5, 0.6) is 0 Å². The first-order valence-corrected chi connectivity index (χ1v) is 9.20. The van der Waals surface area contributed by atoms with Gasteiger partial charge in [-0.15, -0.1) is 0 Å². The highest BCUT2D eigenvalue weighted by Crippen LogP contribution is 2.49. The number of nitrogens with one attached hydrogen (secondary N) is 1. The van der Waals surface area contributed by atoms with Crippen LogP contribution in [0.2, 0.25) is 0 Å². The average molecular weight is 283 g/mol. The monoisotopic (exact) mass is 283 g/mol. The lowest BCUT2D eigenvalue weighted by Gasteiger charge is -2.34. The van der Waals surface area contributed by atoms with Crippen LogP contribution in [0, 0.1) is 17.8 Å². The molecule has 3 fully saturated rings. The third-order valence-electron chi connectivity index (χ3n) is 6.06. The van der Waals surface area contributed by atoms with Crippen LogP contribution in [-0.4, -0.2) is 12.6 Å². The minimum atomic E-state index is 0.723. The molecule has 21 heavy (non-hydrogen) atoms. The van der Waals surface area contributed by atoms with Crippen molar-refractivity contribution in [1.82, 2.24) is 5.32 Å². The van der Waals surface area contributed by atoms with Gasteiger partial charge in [-0.2, -0.15) is 0 Å². The number of rotatable bonds is 6. The number of hydrogen-bond donors (Lipinski definition) is 1. The summed E-state index contributed by atoms with van der Waals surface area (Å²) in [5, 5.41) is 4.01. The van der Waals surface area contributed by atoms with Crippen molar-refractivity contribution in [2.24, 2.45) is 17.8 Å². The third kappa shape index (κ3) is 3.34. The van der Waals surface area contributed by atoms with Crippen molar-refractivity contribution in [3.63, 3.8) is 0 Å². The normalized spacial score (nSPS) is 29.8. The summed E-state index contributed by atoms with van der Waals surface area (Å²) in [5.41, 5.74) is 1.56. The lowest BCUT2D eigenvalue weighted by Crippen LogP contribution is -2.40. The van der Waals surface area contributed by atoms with Gasteiger partial charge in [0.2, 0.25) is 0 Å². The Balaban J connectivity index is 1.39. The highest BCUT2D eigenvalue weighted by molar-refractivity contribution is 5.22. The van der Waals surface area contributed by atoms with E-state index in [-0.39, 0.29) is 0 Å². The summed E-state index contributed by atoms with van der Waals surface area (Å²) in [4.78, 5) is 0. The lowest BCUT2D eigenvalue weighted by molar-refractivity contribution is 0.287. The largest absolute Gasteiger partial charge is 0.313 e. The fourth-order valence-corrected chi connectivity index (χ4v) is 4.53. The van der Waals surface area contributed by atoms with Gasteiger partial charge in [0, 0.05) is 6.04 Å². The molecule has 1 nitrogen and oxygen atoms in total. The molecule has 1 heteroatoms.